The lowest BCUT2D eigenvalue weighted by molar-refractivity contribution is -0.137. The minimum Gasteiger partial charge on any atom is -0.481 e. The number of hydrogen-bond acceptors (Lipinski definition) is 1. The molecule has 0 unspecified atom stereocenters. The van der Waals surface area contributed by atoms with Gasteiger partial charge in [0.25, 0.3) is 0 Å². The van der Waals surface area contributed by atoms with Crippen molar-refractivity contribution >= 4 is 5.97 Å². The standard InChI is InChI=1S/C18H30O2/c1-2-3-4-5-6-7-8-9-10-11-12-13-14-15-16-17-18(19)20/h4-5,7-8,10-11H,2-3,6,9,12-17H2,1H3,(H,19,20)/b5-4-,8-7?,11-10?. The molecular formula is C18H30O2. The Morgan fingerprint density at radius 1 is 0.800 bits per heavy atom. The van der Waals surface area contributed by atoms with Gasteiger partial charge >= 0.3 is 5.97 Å². The normalized spacial score (nSPS) is 12.1. The van der Waals surface area contributed by atoms with Gasteiger partial charge in [-0.2, -0.15) is 0 Å². The van der Waals surface area contributed by atoms with Crippen molar-refractivity contribution < 1.29 is 9.90 Å². The fraction of sp³-hybridized carbons (Fsp3) is 0.611. The Bertz CT molecular complexity index is 301. The summed E-state index contributed by atoms with van der Waals surface area (Å²) in [7, 11) is 0. The van der Waals surface area contributed by atoms with Crippen LogP contribution in [-0.2, 0) is 4.79 Å². The monoisotopic (exact) mass is 278 g/mol. The Morgan fingerprint density at radius 3 is 1.95 bits per heavy atom. The van der Waals surface area contributed by atoms with Gasteiger partial charge in [0.1, 0.15) is 0 Å². The van der Waals surface area contributed by atoms with Crippen LogP contribution < -0.4 is 0 Å². The van der Waals surface area contributed by atoms with E-state index in [9.17, 15) is 4.79 Å². The number of hydrogen-bond donors (Lipinski definition) is 1. The molecule has 0 aromatic carbocycles. The average molecular weight is 278 g/mol. The molecule has 2 heteroatoms. The van der Waals surface area contributed by atoms with Crippen LogP contribution in [0.1, 0.15) is 71.1 Å². The number of carboxylic acid groups (broad SMARTS) is 1. The van der Waals surface area contributed by atoms with E-state index in [4.69, 9.17) is 5.11 Å². The maximum Gasteiger partial charge on any atom is 0.303 e. The first-order chi connectivity index (χ1) is 9.77. The van der Waals surface area contributed by atoms with Gasteiger partial charge in [0.2, 0.25) is 0 Å². The fourth-order valence-electron chi connectivity index (χ4n) is 1.84. The van der Waals surface area contributed by atoms with E-state index < -0.39 is 5.97 Å². The number of unbranched alkanes of at least 4 members (excludes halogenated alkanes) is 5. The molecule has 2 nitrogen and oxygen atoms in total. The Morgan fingerprint density at radius 2 is 1.35 bits per heavy atom. The van der Waals surface area contributed by atoms with Gasteiger partial charge in [0.15, 0.2) is 0 Å². The van der Waals surface area contributed by atoms with E-state index in [0.29, 0.717) is 6.42 Å². The minimum atomic E-state index is -0.679. The number of carboxylic acids is 1. The van der Waals surface area contributed by atoms with Crippen molar-refractivity contribution in [3.05, 3.63) is 36.5 Å². The Balaban J connectivity index is 3.27. The largest absolute Gasteiger partial charge is 0.481 e. The summed E-state index contributed by atoms with van der Waals surface area (Å²) in [5.74, 6) is -0.679. The lowest BCUT2D eigenvalue weighted by atomic mass is 10.1. The van der Waals surface area contributed by atoms with Crippen LogP contribution in [0.5, 0.6) is 0 Å². The van der Waals surface area contributed by atoms with Crippen LogP contribution in [0.25, 0.3) is 0 Å². The molecule has 0 aliphatic heterocycles. The number of carbonyl (C=O) groups is 1. The second-order valence-corrected chi connectivity index (χ2v) is 5.02. The van der Waals surface area contributed by atoms with Crippen LogP contribution in [-0.4, -0.2) is 11.1 Å². The number of aliphatic carboxylic acids is 1. The second-order valence-electron chi connectivity index (χ2n) is 5.02. The van der Waals surface area contributed by atoms with Gasteiger partial charge in [-0.25, -0.2) is 0 Å². The number of rotatable bonds is 13. The third-order valence-electron chi connectivity index (χ3n) is 3.01. The van der Waals surface area contributed by atoms with Crippen molar-refractivity contribution in [3.63, 3.8) is 0 Å². The molecule has 0 radical (unpaired) electrons. The van der Waals surface area contributed by atoms with Crippen LogP contribution in [0.3, 0.4) is 0 Å². The SMILES string of the molecule is CCC/C=C\CC=CCC=CCCCCCCC(=O)O. The average Bonchev–Trinajstić information content (AvgIpc) is 2.43. The zero-order valence-electron chi connectivity index (χ0n) is 12.9. The lowest BCUT2D eigenvalue weighted by Crippen LogP contribution is -1.93. The first-order valence-corrected chi connectivity index (χ1v) is 7.94. The molecule has 0 aromatic rings. The Hall–Kier alpha value is -1.31. The van der Waals surface area contributed by atoms with E-state index in [1.807, 2.05) is 0 Å². The van der Waals surface area contributed by atoms with Crippen LogP contribution in [0.2, 0.25) is 0 Å². The molecular weight excluding hydrogens is 248 g/mol. The molecule has 0 aliphatic carbocycles. The highest BCUT2D eigenvalue weighted by molar-refractivity contribution is 5.66. The lowest BCUT2D eigenvalue weighted by Gasteiger charge is -1.96. The topological polar surface area (TPSA) is 37.3 Å². The maximum absolute atomic E-state index is 10.3. The molecule has 0 saturated carbocycles. The molecule has 0 atom stereocenters. The molecule has 1 N–H and O–H groups in total. The fourth-order valence-corrected chi connectivity index (χ4v) is 1.84. The third-order valence-corrected chi connectivity index (χ3v) is 3.01. The van der Waals surface area contributed by atoms with Crippen molar-refractivity contribution in [3.8, 4) is 0 Å². The zero-order valence-corrected chi connectivity index (χ0v) is 12.9. The molecule has 0 aromatic heterocycles. The van der Waals surface area contributed by atoms with Crippen LogP contribution in [0, 0.1) is 0 Å². The second kappa shape index (κ2) is 15.7. The van der Waals surface area contributed by atoms with Gasteiger partial charge < -0.3 is 5.11 Å². The maximum atomic E-state index is 10.3. The molecule has 0 heterocycles. The van der Waals surface area contributed by atoms with Crippen molar-refractivity contribution in [1.82, 2.24) is 0 Å². The van der Waals surface area contributed by atoms with Crippen molar-refractivity contribution in [2.75, 3.05) is 0 Å². The summed E-state index contributed by atoms with van der Waals surface area (Å²) in [6.45, 7) is 2.19. The van der Waals surface area contributed by atoms with Crippen molar-refractivity contribution in [2.24, 2.45) is 0 Å². The molecule has 0 spiro atoms. The Kier molecular flexibility index (Phi) is 14.7. The van der Waals surface area contributed by atoms with E-state index in [1.54, 1.807) is 0 Å². The van der Waals surface area contributed by atoms with Gasteiger partial charge in [-0.15, -0.1) is 0 Å². The van der Waals surface area contributed by atoms with Gasteiger partial charge in [-0.1, -0.05) is 62.6 Å². The molecule has 0 aliphatic rings. The highest BCUT2D eigenvalue weighted by Crippen LogP contribution is 2.06. The van der Waals surface area contributed by atoms with E-state index in [-0.39, 0.29) is 0 Å². The van der Waals surface area contributed by atoms with E-state index >= 15 is 0 Å². The van der Waals surface area contributed by atoms with E-state index in [2.05, 4.69) is 43.4 Å². The van der Waals surface area contributed by atoms with Gasteiger partial charge in [0, 0.05) is 6.42 Å². The minimum absolute atomic E-state index is 0.313. The third kappa shape index (κ3) is 16.7. The molecule has 0 saturated heterocycles. The number of allylic oxidation sites excluding steroid dienone is 6. The summed E-state index contributed by atoms with van der Waals surface area (Å²) in [6, 6.07) is 0. The van der Waals surface area contributed by atoms with Crippen molar-refractivity contribution in [1.29, 1.82) is 0 Å². The van der Waals surface area contributed by atoms with Crippen LogP contribution in [0.4, 0.5) is 0 Å². The summed E-state index contributed by atoms with van der Waals surface area (Å²) >= 11 is 0. The van der Waals surface area contributed by atoms with Crippen molar-refractivity contribution in [2.45, 2.75) is 71.1 Å². The summed E-state index contributed by atoms with van der Waals surface area (Å²) in [5, 5.41) is 8.50. The summed E-state index contributed by atoms with van der Waals surface area (Å²) in [6.07, 6.45) is 23.3. The first-order valence-electron chi connectivity index (χ1n) is 7.94. The quantitative estimate of drug-likeness (QED) is 0.348. The zero-order chi connectivity index (χ0) is 14.9. The van der Waals surface area contributed by atoms with Crippen LogP contribution in [0.15, 0.2) is 36.5 Å². The Labute approximate surface area is 124 Å². The summed E-state index contributed by atoms with van der Waals surface area (Å²) < 4.78 is 0. The molecule has 0 amide bonds. The molecule has 0 bridgehead atoms. The predicted octanol–water partition coefficient (Wildman–Crippen LogP) is 5.66. The summed E-state index contributed by atoms with van der Waals surface area (Å²) in [5.41, 5.74) is 0. The smallest absolute Gasteiger partial charge is 0.303 e. The molecule has 20 heavy (non-hydrogen) atoms. The first kappa shape index (κ1) is 18.7. The molecule has 0 fully saturated rings. The predicted molar refractivity (Wildman–Crippen MR) is 86.9 cm³/mol. The van der Waals surface area contributed by atoms with Gasteiger partial charge in [0.05, 0.1) is 0 Å². The van der Waals surface area contributed by atoms with E-state index in [1.165, 1.54) is 19.3 Å². The highest BCUT2D eigenvalue weighted by atomic mass is 16.4. The highest BCUT2D eigenvalue weighted by Gasteiger charge is 1.95. The van der Waals surface area contributed by atoms with E-state index in [0.717, 1.165) is 38.5 Å². The van der Waals surface area contributed by atoms with Gasteiger partial charge in [-0.3, -0.25) is 4.79 Å². The summed E-state index contributed by atoms with van der Waals surface area (Å²) in [4.78, 5) is 10.3. The van der Waals surface area contributed by atoms with Gasteiger partial charge in [-0.05, 0) is 38.5 Å². The molecule has 114 valence electrons. The molecule has 0 rings (SSSR count). The van der Waals surface area contributed by atoms with Crippen LogP contribution >= 0.6 is 0 Å².